The first kappa shape index (κ1) is 34.1. The van der Waals surface area contributed by atoms with Gasteiger partial charge in [-0.15, -0.1) is 0 Å². The number of carbonyl (C=O) groups excluding carboxylic acids is 3. The van der Waals surface area contributed by atoms with E-state index < -0.39 is 20.2 Å². The van der Waals surface area contributed by atoms with E-state index in [0.29, 0.717) is 28.9 Å². The molecule has 11 heteroatoms. The van der Waals surface area contributed by atoms with Crippen LogP contribution in [0.15, 0.2) is 39.6 Å². The molecule has 0 spiro atoms. The van der Waals surface area contributed by atoms with Crippen molar-refractivity contribution >= 4 is 25.9 Å². The van der Waals surface area contributed by atoms with E-state index in [9.17, 15) is 14.4 Å². The fourth-order valence-corrected chi connectivity index (χ4v) is 11.5. The monoisotopic (exact) mass is 611 g/mol. The molecule has 3 aromatic heterocycles. The molecular weight excluding hydrogens is 566 g/mol. The molecule has 0 saturated heterocycles. The molecule has 0 aromatic carbocycles. The molecule has 0 fully saturated rings. The molecule has 0 aliphatic rings. The SMILES string of the molecule is CCC(CC(=O)c1cccc(C(=O)CC(CO[Si](C(C)C)(C(C)C)C(C)C)c2nc(C(=O)OC)co2)n1)c1nc(C)co1. The molecule has 2 unspecified atom stereocenters. The zero-order chi connectivity index (χ0) is 31.9. The lowest BCUT2D eigenvalue weighted by Gasteiger charge is -2.42. The summed E-state index contributed by atoms with van der Waals surface area (Å²) in [7, 11) is -1.02. The number of aryl methyl sites for hydroxylation is 1. The number of methoxy groups -OCH3 is 1. The molecule has 3 rings (SSSR count). The van der Waals surface area contributed by atoms with Gasteiger partial charge in [0, 0.05) is 25.4 Å². The molecule has 3 heterocycles. The minimum absolute atomic E-state index is 0.0208. The number of esters is 1. The zero-order valence-corrected chi connectivity index (χ0v) is 27.8. The first-order valence-corrected chi connectivity index (χ1v) is 17.1. The molecule has 0 saturated carbocycles. The van der Waals surface area contributed by atoms with Crippen molar-refractivity contribution in [3.63, 3.8) is 0 Å². The van der Waals surface area contributed by atoms with E-state index in [-0.39, 0.29) is 59.9 Å². The third-order valence-corrected chi connectivity index (χ3v) is 14.3. The van der Waals surface area contributed by atoms with E-state index in [1.54, 1.807) is 24.5 Å². The van der Waals surface area contributed by atoms with Crippen molar-refractivity contribution in [1.29, 1.82) is 0 Å². The van der Waals surface area contributed by atoms with Crippen molar-refractivity contribution in [2.45, 2.75) is 103 Å². The van der Waals surface area contributed by atoms with Gasteiger partial charge in [0.25, 0.3) is 0 Å². The Kier molecular flexibility index (Phi) is 11.7. The molecule has 0 amide bonds. The molecule has 10 nitrogen and oxygen atoms in total. The topological polar surface area (TPSA) is 135 Å². The van der Waals surface area contributed by atoms with E-state index in [2.05, 4.69) is 56.5 Å². The first-order chi connectivity index (χ1) is 20.3. The summed E-state index contributed by atoms with van der Waals surface area (Å²) in [6.07, 6.45) is 3.60. The molecule has 2 atom stereocenters. The Morgan fingerprint density at radius 2 is 1.33 bits per heavy atom. The van der Waals surface area contributed by atoms with Gasteiger partial charge in [-0.1, -0.05) is 54.5 Å². The van der Waals surface area contributed by atoms with Crippen LogP contribution in [0.4, 0.5) is 0 Å². The van der Waals surface area contributed by atoms with E-state index >= 15 is 0 Å². The Balaban J connectivity index is 1.86. The van der Waals surface area contributed by atoms with Crippen molar-refractivity contribution in [3.05, 3.63) is 65.3 Å². The minimum Gasteiger partial charge on any atom is -0.464 e. The summed E-state index contributed by atoms with van der Waals surface area (Å²) in [6, 6.07) is 4.86. The van der Waals surface area contributed by atoms with Crippen LogP contribution < -0.4 is 0 Å². The first-order valence-electron chi connectivity index (χ1n) is 15.0. The van der Waals surface area contributed by atoms with Crippen molar-refractivity contribution in [3.8, 4) is 0 Å². The standard InChI is InChI=1S/C32H45N3O7Si/c1-10-23(30-33-22(8)16-40-30)14-28(36)25-12-11-13-26(34-25)29(37)15-24(31-35-27(18-41-31)32(38)39-9)17-42-43(19(2)3,20(4)5)21(6)7/h11-13,16,18-21,23-24H,10,14-15,17H2,1-9H3. The molecule has 3 aromatic rings. The Morgan fingerprint density at radius 3 is 1.81 bits per heavy atom. The number of carbonyl (C=O) groups is 3. The maximum Gasteiger partial charge on any atom is 0.360 e. The Morgan fingerprint density at radius 1 is 0.791 bits per heavy atom. The highest BCUT2D eigenvalue weighted by Crippen LogP contribution is 2.43. The lowest BCUT2D eigenvalue weighted by Crippen LogP contribution is -2.48. The van der Waals surface area contributed by atoms with Gasteiger partial charge in [0.05, 0.1) is 18.7 Å². The number of aromatic nitrogens is 3. The number of pyridine rings is 1. The molecule has 0 aliphatic carbocycles. The summed E-state index contributed by atoms with van der Waals surface area (Å²) in [5.41, 5.74) is 2.13. The van der Waals surface area contributed by atoms with Crippen LogP contribution in [-0.2, 0) is 9.16 Å². The van der Waals surface area contributed by atoms with Gasteiger partial charge >= 0.3 is 5.97 Å². The van der Waals surface area contributed by atoms with Gasteiger partial charge in [-0.25, -0.2) is 19.7 Å². The van der Waals surface area contributed by atoms with Crippen molar-refractivity contribution in [2.24, 2.45) is 0 Å². The summed E-state index contributed by atoms with van der Waals surface area (Å²) in [4.78, 5) is 52.0. The second kappa shape index (κ2) is 14.8. The third kappa shape index (κ3) is 7.94. The van der Waals surface area contributed by atoms with Crippen molar-refractivity contribution < 1.29 is 32.4 Å². The number of ketones is 2. The lowest BCUT2D eigenvalue weighted by molar-refractivity contribution is 0.0593. The second-order valence-electron chi connectivity index (χ2n) is 12.0. The Hall–Kier alpha value is -3.44. The number of Topliss-reactive ketones (excluding diaryl/α,β-unsaturated/α-hetero) is 2. The molecule has 0 radical (unpaired) electrons. The van der Waals surface area contributed by atoms with Crippen LogP contribution >= 0.6 is 0 Å². The normalized spacial score (nSPS) is 13.5. The van der Waals surface area contributed by atoms with E-state index in [0.717, 1.165) is 5.69 Å². The summed E-state index contributed by atoms with van der Waals surface area (Å²) >= 11 is 0. The van der Waals surface area contributed by atoms with Gasteiger partial charge in [-0.2, -0.15) is 0 Å². The van der Waals surface area contributed by atoms with Crippen LogP contribution in [0.5, 0.6) is 0 Å². The van der Waals surface area contributed by atoms with Gasteiger partial charge in [0.2, 0.25) is 5.89 Å². The molecule has 43 heavy (non-hydrogen) atoms. The molecule has 0 N–H and O–H groups in total. The van der Waals surface area contributed by atoms with Gasteiger partial charge in [0.1, 0.15) is 23.9 Å². The van der Waals surface area contributed by atoms with Gasteiger partial charge in [0.15, 0.2) is 31.5 Å². The van der Waals surface area contributed by atoms with E-state index in [4.69, 9.17) is 18.0 Å². The maximum absolute atomic E-state index is 13.6. The fourth-order valence-electron chi connectivity index (χ4n) is 6.00. The van der Waals surface area contributed by atoms with Crippen LogP contribution in [0.25, 0.3) is 0 Å². The number of ether oxygens (including phenoxy) is 1. The summed E-state index contributed by atoms with van der Waals surface area (Å²) in [5, 5.41) is 0. The fraction of sp³-hybridized carbons (Fsp3) is 0.562. The quantitative estimate of drug-likeness (QED) is 0.0911. The average Bonchev–Trinajstić information content (AvgIpc) is 3.64. The predicted molar refractivity (Wildman–Crippen MR) is 164 cm³/mol. The van der Waals surface area contributed by atoms with Crippen LogP contribution in [0.3, 0.4) is 0 Å². The molecule has 0 bridgehead atoms. The Bertz CT molecular complexity index is 1370. The van der Waals surface area contributed by atoms with E-state index in [1.165, 1.54) is 13.4 Å². The summed E-state index contributed by atoms with van der Waals surface area (Å²) in [6.45, 7) is 17.1. The highest BCUT2D eigenvalue weighted by molar-refractivity contribution is 6.77. The number of rotatable bonds is 16. The second-order valence-corrected chi connectivity index (χ2v) is 17.4. The van der Waals surface area contributed by atoms with Gasteiger partial charge < -0.3 is 18.0 Å². The zero-order valence-electron chi connectivity index (χ0n) is 26.8. The number of hydrogen-bond acceptors (Lipinski definition) is 10. The smallest absolute Gasteiger partial charge is 0.360 e. The maximum atomic E-state index is 13.6. The van der Waals surface area contributed by atoms with Crippen LogP contribution in [0.1, 0.15) is 129 Å². The molecule has 234 valence electrons. The number of nitrogens with zero attached hydrogens (tertiary/aromatic N) is 3. The number of oxazole rings is 2. The minimum atomic E-state index is -2.29. The van der Waals surface area contributed by atoms with Crippen molar-refractivity contribution in [2.75, 3.05) is 13.7 Å². The highest BCUT2D eigenvalue weighted by Gasteiger charge is 2.45. The predicted octanol–water partition coefficient (Wildman–Crippen LogP) is 7.47. The summed E-state index contributed by atoms with van der Waals surface area (Å²) < 4.78 is 22.8. The van der Waals surface area contributed by atoms with Crippen LogP contribution in [0, 0.1) is 6.92 Å². The van der Waals surface area contributed by atoms with Crippen LogP contribution in [0.2, 0.25) is 16.6 Å². The van der Waals surface area contributed by atoms with Crippen molar-refractivity contribution in [1.82, 2.24) is 15.0 Å². The van der Waals surface area contributed by atoms with Crippen LogP contribution in [-0.4, -0.2) is 54.5 Å². The average molecular weight is 612 g/mol. The summed E-state index contributed by atoms with van der Waals surface area (Å²) in [5.74, 6) is -1.15. The van der Waals surface area contributed by atoms with E-state index in [1.807, 2.05) is 13.8 Å². The third-order valence-electron chi connectivity index (χ3n) is 8.17. The Labute approximate surface area is 255 Å². The molecular formula is C32H45N3O7Si. The number of hydrogen-bond donors (Lipinski definition) is 0. The lowest BCUT2D eigenvalue weighted by atomic mass is 9.97. The highest BCUT2D eigenvalue weighted by atomic mass is 28.4. The molecule has 0 aliphatic heterocycles. The van der Waals surface area contributed by atoms with Gasteiger partial charge in [-0.05, 0) is 42.1 Å². The largest absolute Gasteiger partial charge is 0.464 e. The van der Waals surface area contributed by atoms with Gasteiger partial charge in [-0.3, -0.25) is 9.59 Å².